The summed E-state index contributed by atoms with van der Waals surface area (Å²) < 4.78 is 0. The van der Waals surface area contributed by atoms with Gasteiger partial charge >= 0.3 is 0 Å². The van der Waals surface area contributed by atoms with Crippen molar-refractivity contribution in [3.63, 3.8) is 0 Å². The third kappa shape index (κ3) is 1.41. The molecule has 2 nitrogen and oxygen atoms in total. The van der Waals surface area contributed by atoms with Crippen LogP contribution in [0.25, 0.3) is 0 Å². The molecule has 1 aromatic rings. The van der Waals surface area contributed by atoms with Gasteiger partial charge in [-0.2, -0.15) is 0 Å². The summed E-state index contributed by atoms with van der Waals surface area (Å²) in [7, 11) is 0. The summed E-state index contributed by atoms with van der Waals surface area (Å²) in [5, 5.41) is 9.29. The summed E-state index contributed by atoms with van der Waals surface area (Å²) in [5.41, 5.74) is 1.81. The molecule has 1 N–H and O–H groups in total. The number of benzene rings is 1. The lowest BCUT2D eigenvalue weighted by Crippen LogP contribution is -2.07. The van der Waals surface area contributed by atoms with Gasteiger partial charge < -0.3 is 5.11 Å². The van der Waals surface area contributed by atoms with Crippen LogP contribution >= 0.6 is 0 Å². The van der Waals surface area contributed by atoms with Gasteiger partial charge in [0, 0.05) is 11.5 Å². The molecule has 1 aromatic carbocycles. The summed E-state index contributed by atoms with van der Waals surface area (Å²) in [6, 6.07) is 5.04. The number of ketones is 1. The Morgan fingerprint density at radius 2 is 2.29 bits per heavy atom. The highest BCUT2D eigenvalue weighted by atomic mass is 16.3. The van der Waals surface area contributed by atoms with E-state index in [4.69, 9.17) is 0 Å². The predicted octanol–water partition coefficient (Wildman–Crippen LogP) is 2.55. The molecule has 0 amide bonds. The van der Waals surface area contributed by atoms with Crippen molar-refractivity contribution >= 4 is 5.78 Å². The predicted molar refractivity (Wildman–Crippen MR) is 54.5 cm³/mol. The van der Waals surface area contributed by atoms with Crippen molar-refractivity contribution < 1.29 is 9.90 Å². The van der Waals surface area contributed by atoms with Gasteiger partial charge in [-0.1, -0.05) is 13.3 Å². The first kappa shape index (κ1) is 9.25. The largest absolute Gasteiger partial charge is 0.508 e. The van der Waals surface area contributed by atoms with Crippen LogP contribution in [0.2, 0.25) is 0 Å². The second-order valence-electron chi connectivity index (χ2n) is 3.90. The van der Waals surface area contributed by atoms with Crippen LogP contribution in [0.15, 0.2) is 18.2 Å². The zero-order valence-electron chi connectivity index (χ0n) is 8.29. The van der Waals surface area contributed by atoms with Crippen molar-refractivity contribution in [3.8, 4) is 5.75 Å². The van der Waals surface area contributed by atoms with Crippen molar-refractivity contribution in [2.45, 2.75) is 26.2 Å². The monoisotopic (exact) mass is 190 g/mol. The van der Waals surface area contributed by atoms with Crippen LogP contribution in [0.3, 0.4) is 0 Å². The highest BCUT2D eigenvalue weighted by Gasteiger charge is 2.29. The molecule has 14 heavy (non-hydrogen) atoms. The lowest BCUT2D eigenvalue weighted by Gasteiger charge is -2.03. The summed E-state index contributed by atoms with van der Waals surface area (Å²) in [6.07, 6.45) is 2.79. The SMILES string of the molecule is CCCC1Cc2cc(O)ccc2C1=O. The van der Waals surface area contributed by atoms with Crippen LogP contribution in [-0.2, 0) is 6.42 Å². The fourth-order valence-electron chi connectivity index (χ4n) is 2.15. The molecule has 1 aliphatic rings. The van der Waals surface area contributed by atoms with Gasteiger partial charge in [0.15, 0.2) is 5.78 Å². The number of hydrogen-bond acceptors (Lipinski definition) is 2. The van der Waals surface area contributed by atoms with Crippen LogP contribution in [0.1, 0.15) is 35.7 Å². The highest BCUT2D eigenvalue weighted by molar-refractivity contribution is 6.02. The Hall–Kier alpha value is -1.31. The van der Waals surface area contributed by atoms with Gasteiger partial charge in [-0.15, -0.1) is 0 Å². The van der Waals surface area contributed by atoms with Gasteiger partial charge in [0.05, 0.1) is 0 Å². The molecule has 1 atom stereocenters. The molecule has 0 radical (unpaired) electrons. The second-order valence-corrected chi connectivity index (χ2v) is 3.90. The van der Waals surface area contributed by atoms with E-state index in [1.165, 1.54) is 0 Å². The third-order valence-corrected chi connectivity index (χ3v) is 2.83. The first-order valence-corrected chi connectivity index (χ1v) is 5.08. The average Bonchev–Trinajstić information content (AvgIpc) is 2.44. The first-order chi connectivity index (χ1) is 6.72. The number of rotatable bonds is 2. The maximum Gasteiger partial charge on any atom is 0.166 e. The minimum Gasteiger partial charge on any atom is -0.508 e. The molecule has 0 bridgehead atoms. The smallest absolute Gasteiger partial charge is 0.166 e. The Labute approximate surface area is 83.6 Å². The molecular weight excluding hydrogens is 176 g/mol. The van der Waals surface area contributed by atoms with E-state index in [-0.39, 0.29) is 17.5 Å². The van der Waals surface area contributed by atoms with Crippen molar-refractivity contribution in [2.75, 3.05) is 0 Å². The molecule has 1 aliphatic carbocycles. The van der Waals surface area contributed by atoms with E-state index in [0.29, 0.717) is 0 Å². The van der Waals surface area contributed by atoms with Gasteiger partial charge in [0.2, 0.25) is 0 Å². The van der Waals surface area contributed by atoms with Gasteiger partial charge in [0.25, 0.3) is 0 Å². The van der Waals surface area contributed by atoms with E-state index >= 15 is 0 Å². The molecule has 0 saturated heterocycles. The van der Waals surface area contributed by atoms with Gasteiger partial charge in [-0.3, -0.25) is 4.79 Å². The number of phenols is 1. The minimum atomic E-state index is 0.150. The van der Waals surface area contributed by atoms with E-state index in [9.17, 15) is 9.90 Å². The Bertz CT molecular complexity index is 369. The summed E-state index contributed by atoms with van der Waals surface area (Å²) in [4.78, 5) is 11.8. The summed E-state index contributed by atoms with van der Waals surface area (Å²) in [5.74, 6) is 0.660. The molecule has 0 aromatic heterocycles. The number of carbonyl (C=O) groups excluding carboxylic acids is 1. The fraction of sp³-hybridized carbons (Fsp3) is 0.417. The lowest BCUT2D eigenvalue weighted by atomic mass is 10.00. The van der Waals surface area contributed by atoms with E-state index in [2.05, 4.69) is 6.92 Å². The van der Waals surface area contributed by atoms with Gasteiger partial charge in [-0.05, 0) is 36.6 Å². The fourth-order valence-corrected chi connectivity index (χ4v) is 2.15. The van der Waals surface area contributed by atoms with Gasteiger partial charge in [-0.25, -0.2) is 0 Å². The Kier molecular flexibility index (Phi) is 2.28. The van der Waals surface area contributed by atoms with Crippen LogP contribution in [0, 0.1) is 5.92 Å². The zero-order valence-corrected chi connectivity index (χ0v) is 8.29. The maximum atomic E-state index is 11.8. The highest BCUT2D eigenvalue weighted by Crippen LogP contribution is 2.31. The van der Waals surface area contributed by atoms with E-state index in [0.717, 1.165) is 30.4 Å². The number of phenolic OH excluding ortho intramolecular Hbond substituents is 1. The molecule has 0 saturated carbocycles. The normalized spacial score (nSPS) is 19.8. The number of carbonyl (C=O) groups is 1. The lowest BCUT2D eigenvalue weighted by molar-refractivity contribution is 0.0930. The van der Waals surface area contributed by atoms with Crippen molar-refractivity contribution in [3.05, 3.63) is 29.3 Å². The quantitative estimate of drug-likeness (QED) is 0.778. The van der Waals surface area contributed by atoms with E-state index in [1.54, 1.807) is 18.2 Å². The van der Waals surface area contributed by atoms with Crippen LogP contribution in [-0.4, -0.2) is 10.9 Å². The number of fused-ring (bicyclic) bond motifs is 1. The minimum absolute atomic E-state index is 0.150. The van der Waals surface area contributed by atoms with E-state index < -0.39 is 0 Å². The Morgan fingerprint density at radius 1 is 1.50 bits per heavy atom. The van der Waals surface area contributed by atoms with Crippen LogP contribution in [0.4, 0.5) is 0 Å². The van der Waals surface area contributed by atoms with Crippen molar-refractivity contribution in [1.29, 1.82) is 0 Å². The second kappa shape index (κ2) is 3.45. The standard InChI is InChI=1S/C12H14O2/c1-2-3-8-6-9-7-10(13)4-5-11(9)12(8)14/h4-5,7-8,13H,2-3,6H2,1H3. The molecule has 0 spiro atoms. The van der Waals surface area contributed by atoms with Crippen molar-refractivity contribution in [1.82, 2.24) is 0 Å². The Morgan fingerprint density at radius 3 is 3.00 bits per heavy atom. The molecule has 2 rings (SSSR count). The molecule has 0 aliphatic heterocycles. The van der Waals surface area contributed by atoms with Crippen LogP contribution < -0.4 is 0 Å². The van der Waals surface area contributed by atoms with Gasteiger partial charge in [0.1, 0.15) is 5.75 Å². The number of Topliss-reactive ketones (excluding diaryl/α,β-unsaturated/α-hetero) is 1. The molecule has 2 heteroatoms. The van der Waals surface area contributed by atoms with E-state index in [1.807, 2.05) is 0 Å². The summed E-state index contributed by atoms with van der Waals surface area (Å²) in [6.45, 7) is 2.09. The van der Waals surface area contributed by atoms with Crippen molar-refractivity contribution in [2.24, 2.45) is 5.92 Å². The third-order valence-electron chi connectivity index (χ3n) is 2.83. The number of hydrogen-bond donors (Lipinski definition) is 1. The van der Waals surface area contributed by atoms with Crippen LogP contribution in [0.5, 0.6) is 5.75 Å². The summed E-state index contributed by atoms with van der Waals surface area (Å²) >= 11 is 0. The Balaban J connectivity index is 2.31. The molecule has 0 heterocycles. The molecule has 0 fully saturated rings. The molecule has 74 valence electrons. The zero-order chi connectivity index (χ0) is 10.1. The maximum absolute atomic E-state index is 11.8. The molecule has 1 unspecified atom stereocenters. The number of aromatic hydroxyl groups is 1. The molecular formula is C12H14O2. The average molecular weight is 190 g/mol. The topological polar surface area (TPSA) is 37.3 Å². The first-order valence-electron chi connectivity index (χ1n) is 5.08.